The summed E-state index contributed by atoms with van der Waals surface area (Å²) in [6.07, 6.45) is 0. The highest BCUT2D eigenvalue weighted by atomic mass is 19.1. The first kappa shape index (κ1) is 8.04. The second-order valence-electron chi connectivity index (χ2n) is 2.88. The molecule has 0 saturated carbocycles. The zero-order chi connectivity index (χ0) is 9.42. The van der Waals surface area contributed by atoms with Crippen molar-refractivity contribution < 1.29 is 9.50 Å². The second-order valence-corrected chi connectivity index (χ2v) is 2.88. The molecule has 0 saturated heterocycles. The molecule has 1 heterocycles. The molecule has 0 spiro atoms. The molecule has 0 unspecified atom stereocenters. The number of phenols is 1. The van der Waals surface area contributed by atoms with Crippen molar-refractivity contribution in [3.05, 3.63) is 23.9 Å². The number of phenolic OH excluding ortho intramolecular Hbond substituents is 1. The van der Waals surface area contributed by atoms with Crippen molar-refractivity contribution in [1.82, 2.24) is 9.78 Å². The predicted octanol–water partition coefficient (Wildman–Crippen LogP) is 1.75. The predicted molar refractivity (Wildman–Crippen MR) is 47.2 cm³/mol. The van der Waals surface area contributed by atoms with E-state index in [2.05, 4.69) is 5.10 Å². The minimum absolute atomic E-state index is 0.0817. The van der Waals surface area contributed by atoms with E-state index in [9.17, 15) is 9.50 Å². The molecule has 0 fully saturated rings. The van der Waals surface area contributed by atoms with E-state index in [1.54, 1.807) is 23.9 Å². The minimum Gasteiger partial charge on any atom is -0.507 e. The van der Waals surface area contributed by atoms with Gasteiger partial charge >= 0.3 is 0 Å². The van der Waals surface area contributed by atoms with E-state index in [0.29, 0.717) is 5.39 Å². The lowest BCUT2D eigenvalue weighted by Crippen LogP contribution is -1.89. The molecule has 2 aromatic rings. The van der Waals surface area contributed by atoms with Crippen LogP contribution in [0.5, 0.6) is 5.75 Å². The summed E-state index contributed by atoms with van der Waals surface area (Å²) in [7, 11) is 1.72. The van der Waals surface area contributed by atoms with Crippen LogP contribution >= 0.6 is 0 Å². The zero-order valence-corrected chi connectivity index (χ0v) is 7.16. The van der Waals surface area contributed by atoms with Gasteiger partial charge in [-0.1, -0.05) is 6.07 Å². The maximum Gasteiger partial charge on any atom is 0.134 e. The van der Waals surface area contributed by atoms with Crippen LogP contribution in [0.15, 0.2) is 18.2 Å². The van der Waals surface area contributed by atoms with Crippen LogP contribution in [0, 0.1) is 0 Å². The van der Waals surface area contributed by atoms with Crippen molar-refractivity contribution in [1.29, 1.82) is 0 Å². The first-order valence-corrected chi connectivity index (χ1v) is 3.93. The van der Waals surface area contributed by atoms with E-state index in [4.69, 9.17) is 0 Å². The van der Waals surface area contributed by atoms with Gasteiger partial charge in [0.25, 0.3) is 0 Å². The van der Waals surface area contributed by atoms with Crippen molar-refractivity contribution >= 4 is 10.9 Å². The van der Waals surface area contributed by atoms with E-state index in [0.717, 1.165) is 5.52 Å². The van der Waals surface area contributed by atoms with E-state index in [1.807, 2.05) is 0 Å². The Kier molecular flexibility index (Phi) is 1.69. The summed E-state index contributed by atoms with van der Waals surface area (Å²) in [4.78, 5) is 0. The van der Waals surface area contributed by atoms with Crippen molar-refractivity contribution in [2.24, 2.45) is 7.05 Å². The Bertz CT molecular complexity index is 450. The van der Waals surface area contributed by atoms with Crippen LogP contribution < -0.4 is 0 Å². The van der Waals surface area contributed by atoms with Gasteiger partial charge in [0.05, 0.1) is 10.9 Å². The molecule has 1 aromatic heterocycles. The first-order valence-electron chi connectivity index (χ1n) is 3.93. The molecular weight excluding hydrogens is 171 g/mol. The maximum absolute atomic E-state index is 12.5. The number of benzene rings is 1. The monoisotopic (exact) mass is 180 g/mol. The lowest BCUT2D eigenvalue weighted by atomic mass is 10.2. The minimum atomic E-state index is -0.658. The van der Waals surface area contributed by atoms with Gasteiger partial charge in [-0.25, -0.2) is 4.39 Å². The molecule has 0 bridgehead atoms. The van der Waals surface area contributed by atoms with Crippen LogP contribution in [0.2, 0.25) is 0 Å². The molecule has 13 heavy (non-hydrogen) atoms. The van der Waals surface area contributed by atoms with Gasteiger partial charge in [-0.3, -0.25) is 4.68 Å². The summed E-state index contributed by atoms with van der Waals surface area (Å²) in [6, 6.07) is 5.03. The number of aromatic hydroxyl groups is 1. The molecule has 68 valence electrons. The van der Waals surface area contributed by atoms with Crippen molar-refractivity contribution in [3.63, 3.8) is 0 Å². The van der Waals surface area contributed by atoms with E-state index >= 15 is 0 Å². The Morgan fingerprint density at radius 3 is 3.00 bits per heavy atom. The summed E-state index contributed by atoms with van der Waals surface area (Å²) in [5, 5.41) is 13.9. The number of rotatable bonds is 1. The highest BCUT2D eigenvalue weighted by Gasteiger charge is 2.10. The fraction of sp³-hybridized carbons (Fsp3) is 0.222. The highest BCUT2D eigenvalue weighted by molar-refractivity contribution is 5.87. The van der Waals surface area contributed by atoms with Crippen molar-refractivity contribution in [2.45, 2.75) is 6.67 Å². The number of hydrogen-bond acceptors (Lipinski definition) is 2. The largest absolute Gasteiger partial charge is 0.507 e. The molecule has 4 heteroatoms. The molecule has 2 rings (SSSR count). The highest BCUT2D eigenvalue weighted by Crippen LogP contribution is 2.27. The Morgan fingerprint density at radius 1 is 1.54 bits per heavy atom. The number of fused-ring (bicyclic) bond motifs is 1. The van der Waals surface area contributed by atoms with Crippen molar-refractivity contribution in [3.8, 4) is 5.75 Å². The molecule has 0 aliphatic carbocycles. The lowest BCUT2D eigenvalue weighted by Gasteiger charge is -1.95. The van der Waals surface area contributed by atoms with Gasteiger partial charge in [0, 0.05) is 7.05 Å². The van der Waals surface area contributed by atoms with Gasteiger partial charge in [0.2, 0.25) is 0 Å². The molecule has 1 aromatic carbocycles. The number of nitrogens with zero attached hydrogens (tertiary/aromatic N) is 2. The van der Waals surface area contributed by atoms with E-state index < -0.39 is 6.67 Å². The fourth-order valence-corrected chi connectivity index (χ4v) is 1.47. The average molecular weight is 180 g/mol. The molecule has 0 atom stereocenters. The molecule has 0 radical (unpaired) electrons. The SMILES string of the molecule is Cn1nc(CF)c2c(O)cccc21. The quantitative estimate of drug-likeness (QED) is 0.726. The standard InChI is InChI=1S/C9H9FN2O/c1-12-7-3-2-4-8(13)9(7)6(5-10)11-12/h2-4,13H,5H2,1H3. The van der Waals surface area contributed by atoms with Crippen LogP contribution in [0.3, 0.4) is 0 Å². The summed E-state index contributed by atoms with van der Waals surface area (Å²) in [6.45, 7) is -0.658. The number of alkyl halides is 1. The molecule has 0 amide bonds. The fourth-order valence-electron chi connectivity index (χ4n) is 1.47. The topological polar surface area (TPSA) is 38.0 Å². The van der Waals surface area contributed by atoms with Gasteiger partial charge in [-0.15, -0.1) is 0 Å². The smallest absolute Gasteiger partial charge is 0.134 e. The third-order valence-corrected chi connectivity index (χ3v) is 2.05. The zero-order valence-electron chi connectivity index (χ0n) is 7.16. The second kappa shape index (κ2) is 2.73. The normalized spacial score (nSPS) is 10.9. The van der Waals surface area contributed by atoms with Gasteiger partial charge in [-0.05, 0) is 12.1 Å². The van der Waals surface area contributed by atoms with Gasteiger partial charge in [-0.2, -0.15) is 5.10 Å². The summed E-state index contributed by atoms with van der Waals surface area (Å²) in [5.41, 5.74) is 1.03. The number of aromatic nitrogens is 2. The maximum atomic E-state index is 12.5. The third kappa shape index (κ3) is 1.06. The Morgan fingerprint density at radius 2 is 2.31 bits per heavy atom. The van der Waals surface area contributed by atoms with Crippen LogP contribution in [-0.2, 0) is 13.7 Å². The average Bonchev–Trinajstić information content (AvgIpc) is 2.45. The van der Waals surface area contributed by atoms with Crippen LogP contribution in [-0.4, -0.2) is 14.9 Å². The molecule has 3 nitrogen and oxygen atoms in total. The molecule has 1 N–H and O–H groups in total. The van der Waals surface area contributed by atoms with Crippen molar-refractivity contribution in [2.75, 3.05) is 0 Å². The van der Waals surface area contributed by atoms with E-state index in [-0.39, 0.29) is 11.4 Å². The number of hydrogen-bond donors (Lipinski definition) is 1. The summed E-state index contributed by atoms with van der Waals surface area (Å²) < 4.78 is 14.0. The summed E-state index contributed by atoms with van der Waals surface area (Å²) in [5.74, 6) is 0.0817. The van der Waals surface area contributed by atoms with Crippen LogP contribution in [0.25, 0.3) is 10.9 Å². The number of halogens is 1. The number of aryl methyl sites for hydroxylation is 1. The van der Waals surface area contributed by atoms with Crippen LogP contribution in [0.1, 0.15) is 5.69 Å². The van der Waals surface area contributed by atoms with E-state index in [1.165, 1.54) is 6.07 Å². The Hall–Kier alpha value is -1.58. The van der Waals surface area contributed by atoms with Gasteiger partial charge in [0.1, 0.15) is 18.1 Å². The Balaban J connectivity index is 2.89. The van der Waals surface area contributed by atoms with Gasteiger partial charge < -0.3 is 5.11 Å². The van der Waals surface area contributed by atoms with Crippen LogP contribution in [0.4, 0.5) is 4.39 Å². The molecule has 0 aliphatic heterocycles. The molecule has 0 aliphatic rings. The first-order chi connectivity index (χ1) is 6.24. The van der Waals surface area contributed by atoms with Gasteiger partial charge in [0.15, 0.2) is 0 Å². The Labute approximate surface area is 74.4 Å². The summed E-state index contributed by atoms with van der Waals surface area (Å²) >= 11 is 0. The molecular formula is C9H9FN2O. The lowest BCUT2D eigenvalue weighted by molar-refractivity contribution is 0.465. The third-order valence-electron chi connectivity index (χ3n) is 2.05.